The van der Waals surface area contributed by atoms with E-state index in [1.54, 1.807) is 24.1 Å². The van der Waals surface area contributed by atoms with E-state index in [2.05, 4.69) is 5.32 Å². The number of carbonyl (C=O) groups excluding carboxylic acids is 2. The van der Waals surface area contributed by atoms with Crippen molar-refractivity contribution in [1.29, 1.82) is 0 Å². The lowest BCUT2D eigenvalue weighted by Gasteiger charge is -2.30. The maximum Gasteiger partial charge on any atom is 0.224 e. The zero-order chi connectivity index (χ0) is 13.8. The molecule has 2 rings (SSSR count). The molecule has 1 aliphatic heterocycles. The Bertz CT molecular complexity index is 473. The number of piperidine rings is 1. The third kappa shape index (κ3) is 3.77. The normalized spacial score (nSPS) is 19.4. The molecule has 0 aromatic heterocycles. The monoisotopic (exact) mass is 264 g/mol. The molecule has 0 aliphatic carbocycles. The van der Waals surface area contributed by atoms with Gasteiger partial charge in [-0.25, -0.2) is 4.39 Å². The lowest BCUT2D eigenvalue weighted by molar-refractivity contribution is -0.133. The second kappa shape index (κ2) is 5.82. The molecular formula is C14H17FN2O2. The molecule has 102 valence electrons. The Kier molecular flexibility index (Phi) is 4.14. The van der Waals surface area contributed by atoms with Gasteiger partial charge in [-0.3, -0.25) is 9.59 Å². The van der Waals surface area contributed by atoms with Gasteiger partial charge in [-0.1, -0.05) is 12.1 Å². The molecule has 4 nitrogen and oxygen atoms in total. The van der Waals surface area contributed by atoms with Gasteiger partial charge in [0.15, 0.2) is 0 Å². The highest BCUT2D eigenvalue weighted by Crippen LogP contribution is 2.10. The Morgan fingerprint density at radius 1 is 1.42 bits per heavy atom. The van der Waals surface area contributed by atoms with Crippen molar-refractivity contribution in [3.05, 3.63) is 35.6 Å². The van der Waals surface area contributed by atoms with Gasteiger partial charge in [0, 0.05) is 26.1 Å². The van der Waals surface area contributed by atoms with Crippen molar-refractivity contribution >= 4 is 11.8 Å². The Hall–Kier alpha value is -1.91. The van der Waals surface area contributed by atoms with Gasteiger partial charge in [-0.15, -0.1) is 0 Å². The van der Waals surface area contributed by atoms with Crippen molar-refractivity contribution in [3.8, 4) is 0 Å². The SMILES string of the molecule is CN1CC(NC(=O)Cc2ccc(F)cc2)CCC1=O. The maximum absolute atomic E-state index is 12.7. The van der Waals surface area contributed by atoms with Crippen molar-refractivity contribution in [2.45, 2.75) is 25.3 Å². The maximum atomic E-state index is 12.7. The summed E-state index contributed by atoms with van der Waals surface area (Å²) in [7, 11) is 1.74. The van der Waals surface area contributed by atoms with Crippen molar-refractivity contribution in [2.75, 3.05) is 13.6 Å². The standard InChI is InChI=1S/C14H17FN2O2/c1-17-9-12(6-7-14(17)19)16-13(18)8-10-2-4-11(15)5-3-10/h2-5,12H,6-9H2,1H3,(H,16,18). The van der Waals surface area contributed by atoms with Crippen LogP contribution in [0.1, 0.15) is 18.4 Å². The van der Waals surface area contributed by atoms with E-state index in [1.165, 1.54) is 12.1 Å². The Labute approximate surface area is 111 Å². The number of carbonyl (C=O) groups is 2. The second-order valence-corrected chi connectivity index (χ2v) is 4.88. The van der Waals surface area contributed by atoms with Crippen LogP contribution in [0.2, 0.25) is 0 Å². The number of likely N-dealkylation sites (N-methyl/N-ethyl adjacent to an activating group) is 1. The van der Waals surface area contributed by atoms with Gasteiger partial charge in [0.25, 0.3) is 0 Å². The van der Waals surface area contributed by atoms with Crippen LogP contribution in [0.4, 0.5) is 4.39 Å². The minimum Gasteiger partial charge on any atom is -0.351 e. The van der Waals surface area contributed by atoms with Crippen LogP contribution in [-0.4, -0.2) is 36.3 Å². The summed E-state index contributed by atoms with van der Waals surface area (Å²) in [6.07, 6.45) is 1.38. The number of nitrogens with one attached hydrogen (secondary N) is 1. The molecule has 5 heteroatoms. The molecule has 1 atom stereocenters. The highest BCUT2D eigenvalue weighted by molar-refractivity contribution is 5.80. The Balaban J connectivity index is 1.84. The van der Waals surface area contributed by atoms with E-state index in [9.17, 15) is 14.0 Å². The lowest BCUT2D eigenvalue weighted by atomic mass is 10.0. The Morgan fingerprint density at radius 2 is 2.11 bits per heavy atom. The summed E-state index contributed by atoms with van der Waals surface area (Å²) < 4.78 is 12.7. The van der Waals surface area contributed by atoms with E-state index < -0.39 is 0 Å². The van der Waals surface area contributed by atoms with Crippen LogP contribution in [0, 0.1) is 5.82 Å². The molecule has 19 heavy (non-hydrogen) atoms. The first kappa shape index (κ1) is 13.5. The molecule has 1 aliphatic rings. The summed E-state index contributed by atoms with van der Waals surface area (Å²) in [6.45, 7) is 0.550. The number of nitrogens with zero attached hydrogens (tertiary/aromatic N) is 1. The van der Waals surface area contributed by atoms with E-state index in [0.29, 0.717) is 19.4 Å². The van der Waals surface area contributed by atoms with E-state index in [1.807, 2.05) is 0 Å². The number of hydrogen-bond donors (Lipinski definition) is 1. The van der Waals surface area contributed by atoms with E-state index in [-0.39, 0.29) is 30.1 Å². The molecule has 1 aromatic rings. The smallest absolute Gasteiger partial charge is 0.224 e. The zero-order valence-electron chi connectivity index (χ0n) is 10.9. The first-order valence-electron chi connectivity index (χ1n) is 6.32. The number of rotatable bonds is 3. The van der Waals surface area contributed by atoms with Gasteiger partial charge in [0.1, 0.15) is 5.82 Å². The topological polar surface area (TPSA) is 49.4 Å². The predicted molar refractivity (Wildman–Crippen MR) is 68.9 cm³/mol. The van der Waals surface area contributed by atoms with Crippen LogP contribution in [-0.2, 0) is 16.0 Å². The summed E-state index contributed by atoms with van der Waals surface area (Å²) >= 11 is 0. The molecule has 1 fully saturated rings. The van der Waals surface area contributed by atoms with Gasteiger partial charge in [0.2, 0.25) is 11.8 Å². The van der Waals surface area contributed by atoms with Gasteiger partial charge >= 0.3 is 0 Å². The molecule has 1 unspecified atom stereocenters. The van der Waals surface area contributed by atoms with Crippen LogP contribution >= 0.6 is 0 Å². The minimum atomic E-state index is -0.309. The van der Waals surface area contributed by atoms with Gasteiger partial charge in [-0.2, -0.15) is 0 Å². The minimum absolute atomic E-state index is 0.00986. The lowest BCUT2D eigenvalue weighted by Crippen LogP contribution is -2.48. The van der Waals surface area contributed by atoms with E-state index in [0.717, 1.165) is 5.56 Å². The molecule has 1 saturated heterocycles. The number of halogens is 1. The number of hydrogen-bond acceptors (Lipinski definition) is 2. The molecule has 1 N–H and O–H groups in total. The van der Waals surface area contributed by atoms with Crippen molar-refractivity contribution in [3.63, 3.8) is 0 Å². The summed E-state index contributed by atoms with van der Waals surface area (Å²) in [5, 5.41) is 2.91. The quantitative estimate of drug-likeness (QED) is 0.889. The molecule has 2 amide bonds. The molecular weight excluding hydrogens is 247 g/mol. The highest BCUT2D eigenvalue weighted by Gasteiger charge is 2.23. The summed E-state index contributed by atoms with van der Waals surface area (Å²) in [4.78, 5) is 24.8. The summed E-state index contributed by atoms with van der Waals surface area (Å²) in [5.74, 6) is -0.292. The fraction of sp³-hybridized carbons (Fsp3) is 0.429. The fourth-order valence-electron chi connectivity index (χ4n) is 2.20. The zero-order valence-corrected chi connectivity index (χ0v) is 10.9. The van der Waals surface area contributed by atoms with Crippen LogP contribution in [0.3, 0.4) is 0 Å². The van der Waals surface area contributed by atoms with Crippen LogP contribution in [0.15, 0.2) is 24.3 Å². The van der Waals surface area contributed by atoms with Crippen LogP contribution < -0.4 is 5.32 Å². The van der Waals surface area contributed by atoms with Crippen molar-refractivity contribution < 1.29 is 14.0 Å². The van der Waals surface area contributed by atoms with Gasteiger partial charge in [-0.05, 0) is 24.1 Å². The van der Waals surface area contributed by atoms with Gasteiger partial charge in [0.05, 0.1) is 6.42 Å². The average molecular weight is 264 g/mol. The second-order valence-electron chi connectivity index (χ2n) is 4.88. The number of amides is 2. The molecule has 0 saturated carbocycles. The number of benzene rings is 1. The van der Waals surface area contributed by atoms with Gasteiger partial charge < -0.3 is 10.2 Å². The summed E-state index contributed by atoms with van der Waals surface area (Å²) in [6, 6.07) is 5.90. The molecule has 0 radical (unpaired) electrons. The predicted octanol–water partition coefficient (Wildman–Crippen LogP) is 1.11. The third-order valence-corrected chi connectivity index (χ3v) is 3.27. The first-order chi connectivity index (χ1) is 9.04. The largest absolute Gasteiger partial charge is 0.351 e. The third-order valence-electron chi connectivity index (χ3n) is 3.27. The number of likely N-dealkylation sites (tertiary alicyclic amines) is 1. The molecule has 0 spiro atoms. The average Bonchev–Trinajstić information content (AvgIpc) is 2.37. The highest BCUT2D eigenvalue weighted by atomic mass is 19.1. The van der Waals surface area contributed by atoms with Crippen molar-refractivity contribution in [1.82, 2.24) is 10.2 Å². The van der Waals surface area contributed by atoms with Crippen LogP contribution in [0.25, 0.3) is 0 Å². The van der Waals surface area contributed by atoms with E-state index in [4.69, 9.17) is 0 Å². The van der Waals surface area contributed by atoms with E-state index >= 15 is 0 Å². The Morgan fingerprint density at radius 3 is 2.74 bits per heavy atom. The first-order valence-corrected chi connectivity index (χ1v) is 6.32. The summed E-state index contributed by atoms with van der Waals surface area (Å²) in [5.41, 5.74) is 0.777. The molecule has 1 heterocycles. The fourth-order valence-corrected chi connectivity index (χ4v) is 2.20. The molecule has 0 bridgehead atoms. The van der Waals surface area contributed by atoms with Crippen molar-refractivity contribution in [2.24, 2.45) is 0 Å². The van der Waals surface area contributed by atoms with Crippen LogP contribution in [0.5, 0.6) is 0 Å². The molecule has 1 aromatic carbocycles.